The number of carbonyl (C=O) groups is 1. The fourth-order valence-electron chi connectivity index (χ4n) is 3.89. The molecule has 6 nitrogen and oxygen atoms in total. The van der Waals surface area contributed by atoms with Crippen molar-refractivity contribution in [3.8, 4) is 5.69 Å². The number of aryl methyl sites for hydroxylation is 1. The summed E-state index contributed by atoms with van der Waals surface area (Å²) in [5, 5.41) is 4.69. The van der Waals surface area contributed by atoms with Gasteiger partial charge in [-0.25, -0.2) is 4.68 Å². The second kappa shape index (κ2) is 8.71. The summed E-state index contributed by atoms with van der Waals surface area (Å²) in [6, 6.07) is 17.9. The molecule has 0 N–H and O–H groups in total. The van der Waals surface area contributed by atoms with E-state index in [4.69, 9.17) is 9.84 Å². The van der Waals surface area contributed by atoms with Gasteiger partial charge in [0, 0.05) is 49.2 Å². The molecule has 0 bridgehead atoms. The average molecular weight is 405 g/mol. The lowest BCUT2D eigenvalue weighted by Crippen LogP contribution is -2.36. The number of anilines is 1. The standard InChI is InChI=1S/C24H28N4O2/c1-18-23(19(2)28(25-18)22-7-5-4-6-8-22)17-26(3)24(29)20-9-11-21(12-10-20)27-13-15-30-16-14-27/h4-12H,13-17H2,1-3H3. The van der Waals surface area contributed by atoms with E-state index in [1.807, 2.05) is 73.3 Å². The number of carbonyl (C=O) groups excluding carboxylic acids is 1. The fraction of sp³-hybridized carbons (Fsp3) is 0.333. The number of rotatable bonds is 5. The number of para-hydroxylation sites is 1. The van der Waals surface area contributed by atoms with Gasteiger partial charge in [-0.3, -0.25) is 4.79 Å². The van der Waals surface area contributed by atoms with E-state index in [2.05, 4.69) is 11.8 Å². The first-order valence-electron chi connectivity index (χ1n) is 10.3. The summed E-state index contributed by atoms with van der Waals surface area (Å²) in [7, 11) is 1.84. The molecule has 6 heteroatoms. The molecule has 1 aromatic heterocycles. The molecule has 0 aliphatic carbocycles. The number of morpholine rings is 1. The summed E-state index contributed by atoms with van der Waals surface area (Å²) in [5.41, 5.74) is 5.94. The van der Waals surface area contributed by atoms with Gasteiger partial charge in [0.25, 0.3) is 5.91 Å². The quantitative estimate of drug-likeness (QED) is 0.652. The van der Waals surface area contributed by atoms with E-state index in [9.17, 15) is 4.79 Å². The van der Waals surface area contributed by atoms with E-state index < -0.39 is 0 Å². The number of hydrogen-bond donors (Lipinski definition) is 0. The first-order chi connectivity index (χ1) is 14.5. The number of nitrogens with zero attached hydrogens (tertiary/aromatic N) is 4. The highest BCUT2D eigenvalue weighted by atomic mass is 16.5. The van der Waals surface area contributed by atoms with Crippen molar-refractivity contribution in [3.63, 3.8) is 0 Å². The number of hydrogen-bond acceptors (Lipinski definition) is 4. The molecule has 0 saturated carbocycles. The molecule has 1 aliphatic heterocycles. The van der Waals surface area contributed by atoms with Crippen LogP contribution in [0.25, 0.3) is 5.69 Å². The Morgan fingerprint density at radius 1 is 1.00 bits per heavy atom. The monoisotopic (exact) mass is 404 g/mol. The van der Waals surface area contributed by atoms with E-state index in [0.29, 0.717) is 12.1 Å². The summed E-state index contributed by atoms with van der Waals surface area (Å²) in [6.07, 6.45) is 0. The minimum atomic E-state index is 0.00906. The van der Waals surface area contributed by atoms with E-state index in [-0.39, 0.29) is 5.91 Å². The van der Waals surface area contributed by atoms with Crippen LogP contribution < -0.4 is 4.90 Å². The van der Waals surface area contributed by atoms with Crippen molar-refractivity contribution in [3.05, 3.63) is 77.1 Å². The van der Waals surface area contributed by atoms with Crippen LogP contribution in [0.4, 0.5) is 5.69 Å². The molecule has 30 heavy (non-hydrogen) atoms. The largest absolute Gasteiger partial charge is 0.378 e. The number of aromatic nitrogens is 2. The van der Waals surface area contributed by atoms with Crippen LogP contribution in [-0.2, 0) is 11.3 Å². The molecule has 1 aliphatic rings. The Bertz CT molecular complexity index is 1010. The van der Waals surface area contributed by atoms with Crippen LogP contribution in [0.1, 0.15) is 27.3 Å². The lowest BCUT2D eigenvalue weighted by molar-refractivity contribution is 0.0784. The number of ether oxygens (including phenoxy) is 1. The van der Waals surface area contributed by atoms with Gasteiger partial charge in [-0.1, -0.05) is 18.2 Å². The van der Waals surface area contributed by atoms with Gasteiger partial charge < -0.3 is 14.5 Å². The molecule has 1 amide bonds. The summed E-state index contributed by atoms with van der Waals surface area (Å²) in [5.74, 6) is 0.00906. The van der Waals surface area contributed by atoms with Crippen molar-refractivity contribution in [2.24, 2.45) is 0 Å². The lowest BCUT2D eigenvalue weighted by Gasteiger charge is -2.29. The third-order valence-corrected chi connectivity index (χ3v) is 5.67. The smallest absolute Gasteiger partial charge is 0.253 e. The van der Waals surface area contributed by atoms with Crippen LogP contribution in [0.5, 0.6) is 0 Å². The SMILES string of the molecule is Cc1nn(-c2ccccc2)c(C)c1CN(C)C(=O)c1ccc(N2CCOCC2)cc1. The Kier molecular flexibility index (Phi) is 5.86. The van der Waals surface area contributed by atoms with Crippen molar-refractivity contribution in [1.82, 2.24) is 14.7 Å². The number of benzene rings is 2. The maximum absolute atomic E-state index is 13.0. The van der Waals surface area contributed by atoms with Crippen LogP contribution in [0.15, 0.2) is 54.6 Å². The van der Waals surface area contributed by atoms with E-state index in [1.165, 1.54) is 0 Å². The first-order valence-corrected chi connectivity index (χ1v) is 10.3. The second-order valence-corrected chi connectivity index (χ2v) is 7.70. The highest BCUT2D eigenvalue weighted by Crippen LogP contribution is 2.21. The zero-order valence-corrected chi connectivity index (χ0v) is 17.8. The summed E-state index contributed by atoms with van der Waals surface area (Å²) >= 11 is 0. The molecular formula is C24H28N4O2. The second-order valence-electron chi connectivity index (χ2n) is 7.70. The van der Waals surface area contributed by atoms with Crippen molar-refractivity contribution in [2.75, 3.05) is 38.3 Å². The van der Waals surface area contributed by atoms with Crippen molar-refractivity contribution < 1.29 is 9.53 Å². The topological polar surface area (TPSA) is 50.6 Å². The van der Waals surface area contributed by atoms with Gasteiger partial charge in [-0.15, -0.1) is 0 Å². The van der Waals surface area contributed by atoms with E-state index in [1.54, 1.807) is 4.90 Å². The minimum Gasteiger partial charge on any atom is -0.378 e. The molecule has 3 aromatic rings. The van der Waals surface area contributed by atoms with Gasteiger partial charge in [0.15, 0.2) is 0 Å². The fourth-order valence-corrected chi connectivity index (χ4v) is 3.89. The third kappa shape index (κ3) is 4.09. The molecule has 0 atom stereocenters. The molecule has 2 heterocycles. The van der Waals surface area contributed by atoms with Crippen LogP contribution in [0.3, 0.4) is 0 Å². The van der Waals surface area contributed by atoms with Crippen LogP contribution in [0.2, 0.25) is 0 Å². The zero-order valence-electron chi connectivity index (χ0n) is 17.8. The van der Waals surface area contributed by atoms with Gasteiger partial charge >= 0.3 is 0 Å². The summed E-state index contributed by atoms with van der Waals surface area (Å²) in [6.45, 7) is 7.84. The highest BCUT2D eigenvalue weighted by Gasteiger charge is 2.19. The van der Waals surface area contributed by atoms with E-state index >= 15 is 0 Å². The average Bonchev–Trinajstić information content (AvgIpc) is 3.08. The van der Waals surface area contributed by atoms with Crippen LogP contribution >= 0.6 is 0 Å². The Morgan fingerprint density at radius 2 is 1.67 bits per heavy atom. The normalized spacial score (nSPS) is 14.0. The predicted octanol–water partition coefficient (Wildman–Crippen LogP) is 3.60. The maximum atomic E-state index is 13.0. The number of amides is 1. The maximum Gasteiger partial charge on any atom is 0.253 e. The van der Waals surface area contributed by atoms with Gasteiger partial charge in [-0.05, 0) is 50.2 Å². The molecule has 0 spiro atoms. The van der Waals surface area contributed by atoms with Crippen LogP contribution in [-0.4, -0.2) is 53.9 Å². The first kappa shape index (κ1) is 20.2. The molecule has 156 valence electrons. The Labute approximate surface area is 177 Å². The summed E-state index contributed by atoms with van der Waals surface area (Å²) < 4.78 is 7.36. The Hall–Kier alpha value is -3.12. The molecule has 1 saturated heterocycles. The molecule has 2 aromatic carbocycles. The predicted molar refractivity (Wildman–Crippen MR) is 118 cm³/mol. The molecule has 0 unspecified atom stereocenters. The van der Waals surface area contributed by atoms with Gasteiger partial charge in [-0.2, -0.15) is 5.10 Å². The van der Waals surface area contributed by atoms with Gasteiger partial charge in [0.1, 0.15) is 0 Å². The molecule has 1 fully saturated rings. The minimum absolute atomic E-state index is 0.00906. The third-order valence-electron chi connectivity index (χ3n) is 5.67. The van der Waals surface area contributed by atoms with E-state index in [0.717, 1.165) is 54.6 Å². The summed E-state index contributed by atoms with van der Waals surface area (Å²) in [4.78, 5) is 17.0. The highest BCUT2D eigenvalue weighted by molar-refractivity contribution is 5.94. The lowest BCUT2D eigenvalue weighted by atomic mass is 10.1. The van der Waals surface area contributed by atoms with Gasteiger partial charge in [0.2, 0.25) is 0 Å². The molecule has 4 rings (SSSR count). The Balaban J connectivity index is 1.48. The molecular weight excluding hydrogens is 376 g/mol. The zero-order chi connectivity index (χ0) is 21.1. The van der Waals surface area contributed by atoms with Gasteiger partial charge in [0.05, 0.1) is 24.6 Å². The van der Waals surface area contributed by atoms with Crippen LogP contribution in [0, 0.1) is 13.8 Å². The van der Waals surface area contributed by atoms with Crippen molar-refractivity contribution >= 4 is 11.6 Å². The van der Waals surface area contributed by atoms with Crippen molar-refractivity contribution in [2.45, 2.75) is 20.4 Å². The molecule has 0 radical (unpaired) electrons. The van der Waals surface area contributed by atoms with Crippen molar-refractivity contribution in [1.29, 1.82) is 0 Å². The Morgan fingerprint density at radius 3 is 2.33 bits per heavy atom.